The maximum atomic E-state index is 13.6. The van der Waals surface area contributed by atoms with Crippen molar-refractivity contribution in [2.75, 3.05) is 7.11 Å². The summed E-state index contributed by atoms with van der Waals surface area (Å²) in [5.74, 6) is -2.44. The Kier molecular flexibility index (Phi) is 10.9. The van der Waals surface area contributed by atoms with Crippen LogP contribution in [0, 0.1) is 17.0 Å². The predicted molar refractivity (Wildman–Crippen MR) is 161 cm³/mol. The second kappa shape index (κ2) is 14.8. The number of imidazole rings is 1. The normalized spacial score (nSPS) is 13.5. The van der Waals surface area contributed by atoms with Crippen molar-refractivity contribution < 1.29 is 42.8 Å². The van der Waals surface area contributed by atoms with Crippen molar-refractivity contribution in [1.82, 2.24) is 19.5 Å². The number of carboxylic acid groups (broad SMARTS) is 2. The first-order chi connectivity index (χ1) is 21.9. The summed E-state index contributed by atoms with van der Waals surface area (Å²) in [5, 5.41) is 23.9. The van der Waals surface area contributed by atoms with Gasteiger partial charge in [-0.25, -0.2) is 28.3 Å². The van der Waals surface area contributed by atoms with E-state index in [-0.39, 0.29) is 18.2 Å². The van der Waals surface area contributed by atoms with Crippen molar-refractivity contribution >= 4 is 23.1 Å². The van der Waals surface area contributed by atoms with Gasteiger partial charge in [0.25, 0.3) is 0 Å². The average molecular weight is 640 g/mol. The highest BCUT2D eigenvalue weighted by molar-refractivity contribution is 5.89. The minimum atomic E-state index is -1.26. The maximum Gasteiger partial charge on any atom is 0.328 e. The van der Waals surface area contributed by atoms with E-state index in [2.05, 4.69) is 9.97 Å². The molecule has 5 rings (SSSR count). The van der Waals surface area contributed by atoms with Crippen LogP contribution in [0.2, 0.25) is 0 Å². The number of ether oxygens (including phenoxy) is 3. The van der Waals surface area contributed by atoms with Gasteiger partial charge in [0.2, 0.25) is 0 Å². The van der Waals surface area contributed by atoms with Gasteiger partial charge in [0.15, 0.2) is 34.3 Å². The molecule has 2 aromatic carbocycles. The standard InChI is InChI=1S/C28H31F2N5O3.C4H4O4/c1-28(2,37-15-18-8-10-20(29)21(30)12-18)27-33-24-25(31)32-16-35(26(24)34-27)14-17-9-11-22(36-3)23(13-17)38-19-6-4-5-7-19;5-3(6)1-2-4(7)8/h8-13,16,19,31H,4-7,14-15H2,1-3H3,(H,33,34);1-2H,(H,5,6)(H,7,8)/b;2-1+. The Bertz CT molecular complexity index is 1780. The van der Waals surface area contributed by atoms with Gasteiger partial charge in [-0.3, -0.25) is 5.41 Å². The number of aliphatic carboxylic acids is 2. The maximum absolute atomic E-state index is 13.6. The molecular formula is C32H35F2N5O7. The van der Waals surface area contributed by atoms with E-state index in [1.807, 2.05) is 36.6 Å². The van der Waals surface area contributed by atoms with Gasteiger partial charge in [0.1, 0.15) is 16.9 Å². The number of methoxy groups -OCH3 is 1. The molecule has 1 aliphatic carbocycles. The monoisotopic (exact) mass is 639 g/mol. The largest absolute Gasteiger partial charge is 0.493 e. The van der Waals surface area contributed by atoms with E-state index in [0.29, 0.717) is 52.7 Å². The van der Waals surface area contributed by atoms with Crippen LogP contribution >= 0.6 is 0 Å². The molecule has 0 aliphatic heterocycles. The van der Waals surface area contributed by atoms with E-state index in [1.54, 1.807) is 13.4 Å². The summed E-state index contributed by atoms with van der Waals surface area (Å²) < 4.78 is 46.5. The number of carbonyl (C=O) groups is 2. The lowest BCUT2D eigenvalue weighted by Crippen LogP contribution is -2.23. The van der Waals surface area contributed by atoms with Gasteiger partial charge in [-0.2, -0.15) is 0 Å². The highest BCUT2D eigenvalue weighted by atomic mass is 19.2. The molecule has 0 radical (unpaired) electrons. The number of H-pyrrole nitrogens is 1. The molecule has 1 saturated carbocycles. The van der Waals surface area contributed by atoms with Crippen molar-refractivity contribution in [3.05, 3.63) is 89.0 Å². The minimum absolute atomic E-state index is 0.0584. The van der Waals surface area contributed by atoms with Crippen LogP contribution in [0.15, 0.2) is 54.9 Å². The number of halogens is 2. The number of hydrogen-bond acceptors (Lipinski definition) is 8. The zero-order valence-corrected chi connectivity index (χ0v) is 25.5. The van der Waals surface area contributed by atoms with Gasteiger partial charge in [-0.15, -0.1) is 0 Å². The lowest BCUT2D eigenvalue weighted by molar-refractivity contribution is -0.134. The smallest absolute Gasteiger partial charge is 0.328 e. The molecule has 0 amide bonds. The molecule has 12 nitrogen and oxygen atoms in total. The van der Waals surface area contributed by atoms with E-state index in [9.17, 15) is 18.4 Å². The number of aromatic nitrogens is 4. The Morgan fingerprint density at radius 3 is 2.35 bits per heavy atom. The van der Waals surface area contributed by atoms with Gasteiger partial charge < -0.3 is 34.0 Å². The van der Waals surface area contributed by atoms with Gasteiger partial charge in [-0.1, -0.05) is 12.1 Å². The lowest BCUT2D eigenvalue weighted by atomic mass is 10.1. The lowest BCUT2D eigenvalue weighted by Gasteiger charge is -2.23. The molecule has 1 fully saturated rings. The van der Waals surface area contributed by atoms with E-state index >= 15 is 0 Å². The molecule has 2 heterocycles. The van der Waals surface area contributed by atoms with Crippen molar-refractivity contribution in [2.45, 2.75) is 64.4 Å². The molecule has 46 heavy (non-hydrogen) atoms. The Balaban J connectivity index is 0.000000533. The number of nitrogens with one attached hydrogen (secondary N) is 2. The highest BCUT2D eigenvalue weighted by Gasteiger charge is 2.27. The fourth-order valence-electron chi connectivity index (χ4n) is 4.78. The first-order valence-corrected chi connectivity index (χ1v) is 14.4. The number of aromatic amines is 1. The summed E-state index contributed by atoms with van der Waals surface area (Å²) in [6.07, 6.45) is 7.34. The Morgan fingerprint density at radius 2 is 1.72 bits per heavy atom. The Labute approximate surface area is 262 Å². The van der Waals surface area contributed by atoms with Gasteiger partial charge in [0, 0.05) is 12.2 Å². The molecule has 4 N–H and O–H groups in total. The van der Waals surface area contributed by atoms with Crippen LogP contribution in [0.5, 0.6) is 11.5 Å². The second-order valence-electron chi connectivity index (χ2n) is 11.1. The molecule has 0 unspecified atom stereocenters. The summed E-state index contributed by atoms with van der Waals surface area (Å²) in [5.41, 5.74) is 1.66. The molecule has 0 bridgehead atoms. The van der Waals surface area contributed by atoms with Crippen molar-refractivity contribution in [1.29, 1.82) is 5.41 Å². The van der Waals surface area contributed by atoms with Gasteiger partial charge in [-0.05, 0) is 74.9 Å². The Hall–Kier alpha value is -5.11. The number of carboxylic acids is 2. The molecule has 0 spiro atoms. The minimum Gasteiger partial charge on any atom is -0.493 e. The quantitative estimate of drug-likeness (QED) is 0.164. The first-order valence-electron chi connectivity index (χ1n) is 14.4. The highest BCUT2D eigenvalue weighted by Crippen LogP contribution is 2.33. The number of hydrogen-bond donors (Lipinski definition) is 4. The number of benzene rings is 2. The molecule has 2 aromatic heterocycles. The molecule has 0 saturated heterocycles. The third kappa shape index (κ3) is 8.75. The van der Waals surface area contributed by atoms with Crippen LogP contribution in [-0.4, -0.2) is 54.9 Å². The van der Waals surface area contributed by atoms with E-state index in [0.717, 1.165) is 30.5 Å². The fourth-order valence-corrected chi connectivity index (χ4v) is 4.78. The summed E-state index contributed by atoms with van der Waals surface area (Å²) in [6.45, 7) is 4.16. The van der Waals surface area contributed by atoms with Crippen molar-refractivity contribution in [2.24, 2.45) is 0 Å². The van der Waals surface area contributed by atoms with Crippen LogP contribution in [0.25, 0.3) is 11.2 Å². The number of fused-ring (bicyclic) bond motifs is 1. The zero-order chi connectivity index (χ0) is 33.4. The number of rotatable bonds is 11. The zero-order valence-electron chi connectivity index (χ0n) is 25.5. The summed E-state index contributed by atoms with van der Waals surface area (Å²) in [6, 6.07) is 9.51. The number of nitrogens with zero attached hydrogens (tertiary/aromatic N) is 3. The average Bonchev–Trinajstić information content (AvgIpc) is 3.70. The predicted octanol–water partition coefficient (Wildman–Crippen LogP) is 5.06. The van der Waals surface area contributed by atoms with E-state index in [1.165, 1.54) is 18.9 Å². The molecule has 14 heteroatoms. The molecule has 4 aromatic rings. The van der Waals surface area contributed by atoms with Crippen LogP contribution in [0.4, 0.5) is 8.78 Å². The van der Waals surface area contributed by atoms with Crippen molar-refractivity contribution in [3.63, 3.8) is 0 Å². The first kappa shape index (κ1) is 33.8. The SMILES string of the molecule is COc1ccc(Cn2cnc(=N)c3[nH]c(C(C)(C)OCc4ccc(F)c(F)c4)nc32)cc1OC1CCCC1.O=C(O)/C=C/C(=O)O. The summed E-state index contributed by atoms with van der Waals surface area (Å²) >= 11 is 0. The van der Waals surface area contributed by atoms with Gasteiger partial charge >= 0.3 is 11.9 Å². The Morgan fingerprint density at radius 1 is 1.04 bits per heavy atom. The molecule has 1 aliphatic rings. The fraction of sp³-hybridized carbons (Fsp3) is 0.344. The van der Waals surface area contributed by atoms with Gasteiger partial charge in [0.05, 0.1) is 32.7 Å². The summed E-state index contributed by atoms with van der Waals surface area (Å²) in [4.78, 5) is 31.3. The molecule has 244 valence electrons. The second-order valence-corrected chi connectivity index (χ2v) is 11.1. The third-order valence-electron chi connectivity index (χ3n) is 7.22. The summed E-state index contributed by atoms with van der Waals surface area (Å²) in [7, 11) is 1.63. The van der Waals surface area contributed by atoms with Crippen LogP contribution in [0.1, 0.15) is 56.5 Å². The topological polar surface area (TPSA) is 173 Å². The van der Waals surface area contributed by atoms with Crippen LogP contribution < -0.4 is 15.0 Å². The molecular weight excluding hydrogens is 604 g/mol. The van der Waals surface area contributed by atoms with Crippen molar-refractivity contribution in [3.8, 4) is 11.5 Å². The van der Waals surface area contributed by atoms with E-state index in [4.69, 9.17) is 34.8 Å². The third-order valence-corrected chi connectivity index (χ3v) is 7.22. The van der Waals surface area contributed by atoms with E-state index < -0.39 is 29.2 Å². The van der Waals surface area contributed by atoms with Crippen LogP contribution in [0.3, 0.4) is 0 Å². The molecule has 0 atom stereocenters. The van der Waals surface area contributed by atoms with Crippen LogP contribution in [-0.2, 0) is 33.1 Å².